The number of nitrogens with two attached hydrogens (primary N) is 1. The monoisotopic (exact) mass is 490 g/mol. The van der Waals surface area contributed by atoms with Crippen molar-refractivity contribution in [2.75, 3.05) is 23.7 Å². The van der Waals surface area contributed by atoms with Gasteiger partial charge in [-0.3, -0.25) is 4.98 Å². The molecule has 5 heterocycles. The molecule has 10 heteroatoms. The number of nitrogen functional groups attached to an aromatic ring is 1. The van der Waals surface area contributed by atoms with Crippen molar-refractivity contribution in [1.82, 2.24) is 15.0 Å². The van der Waals surface area contributed by atoms with Crippen molar-refractivity contribution < 1.29 is 13.5 Å². The fourth-order valence-electron chi connectivity index (χ4n) is 5.97. The van der Waals surface area contributed by atoms with Crippen LogP contribution >= 0.6 is 11.3 Å². The molecular formula is C25H20F2N6OS. The largest absolute Gasteiger partial charge is 0.389 e. The van der Waals surface area contributed by atoms with E-state index in [2.05, 4.69) is 26.8 Å². The lowest BCUT2D eigenvalue weighted by molar-refractivity contribution is 0.111. The topological polar surface area (TPSA) is 101 Å². The average Bonchev–Trinajstić information content (AvgIpc) is 3.52. The summed E-state index contributed by atoms with van der Waals surface area (Å²) in [6.45, 7) is 4.46. The Morgan fingerprint density at radius 1 is 1.26 bits per heavy atom. The van der Waals surface area contributed by atoms with Crippen LogP contribution in [-0.2, 0) is 18.0 Å². The second-order valence-corrected chi connectivity index (χ2v) is 11.0. The van der Waals surface area contributed by atoms with E-state index < -0.39 is 11.6 Å². The number of benzene rings is 1. The van der Waals surface area contributed by atoms with Gasteiger partial charge in [-0.15, -0.1) is 11.3 Å². The van der Waals surface area contributed by atoms with Gasteiger partial charge in [-0.05, 0) is 35.3 Å². The summed E-state index contributed by atoms with van der Waals surface area (Å²) in [7, 11) is 0. The maximum atomic E-state index is 16.4. The van der Waals surface area contributed by atoms with E-state index in [0.717, 1.165) is 36.2 Å². The predicted molar refractivity (Wildman–Crippen MR) is 129 cm³/mol. The van der Waals surface area contributed by atoms with Crippen molar-refractivity contribution in [3.8, 4) is 17.3 Å². The van der Waals surface area contributed by atoms with Crippen molar-refractivity contribution in [1.29, 1.82) is 5.26 Å². The molecule has 3 aliphatic rings. The van der Waals surface area contributed by atoms with Gasteiger partial charge in [-0.25, -0.2) is 18.7 Å². The van der Waals surface area contributed by atoms with Crippen molar-refractivity contribution in [3.05, 3.63) is 40.7 Å². The molecule has 7 nitrogen and oxygen atoms in total. The van der Waals surface area contributed by atoms with E-state index in [1.807, 2.05) is 6.07 Å². The summed E-state index contributed by atoms with van der Waals surface area (Å²) in [6, 6.07) is 2.04. The summed E-state index contributed by atoms with van der Waals surface area (Å²) < 4.78 is 36.9. The van der Waals surface area contributed by atoms with Crippen LogP contribution in [0.2, 0.25) is 0 Å². The van der Waals surface area contributed by atoms with Crippen LogP contribution < -0.4 is 10.6 Å². The number of nitriles is 1. The molecule has 2 aliphatic heterocycles. The van der Waals surface area contributed by atoms with Crippen LogP contribution in [-0.4, -0.2) is 28.0 Å². The Morgan fingerprint density at radius 3 is 2.80 bits per heavy atom. The number of halogens is 2. The van der Waals surface area contributed by atoms with Gasteiger partial charge in [0.1, 0.15) is 16.6 Å². The van der Waals surface area contributed by atoms with Crippen molar-refractivity contribution in [3.63, 3.8) is 0 Å². The number of hydrogen-bond acceptors (Lipinski definition) is 8. The molecule has 0 bridgehead atoms. The third-order valence-corrected chi connectivity index (χ3v) is 9.08. The van der Waals surface area contributed by atoms with Gasteiger partial charge in [0.2, 0.25) is 5.95 Å². The summed E-state index contributed by atoms with van der Waals surface area (Å²) >= 11 is 0.961. The second kappa shape index (κ2) is 7.06. The lowest BCUT2D eigenvalue weighted by atomic mass is 9.64. The fraction of sp³-hybridized carbons (Fsp3) is 0.360. The van der Waals surface area contributed by atoms with Gasteiger partial charge < -0.3 is 15.4 Å². The highest BCUT2D eigenvalue weighted by Crippen LogP contribution is 2.52. The first-order valence-electron chi connectivity index (χ1n) is 11.5. The van der Waals surface area contributed by atoms with E-state index in [4.69, 9.17) is 10.5 Å². The molecule has 4 aromatic rings. The molecule has 2 N–H and O–H groups in total. The molecule has 1 saturated carbocycles. The van der Waals surface area contributed by atoms with E-state index in [0.29, 0.717) is 22.8 Å². The zero-order chi connectivity index (χ0) is 24.1. The van der Waals surface area contributed by atoms with Crippen LogP contribution in [0.4, 0.5) is 19.7 Å². The normalized spacial score (nSPS) is 22.9. The molecule has 7 rings (SSSR count). The number of nitrogens with zero attached hydrogens (tertiary/aromatic N) is 5. The summed E-state index contributed by atoms with van der Waals surface area (Å²) in [5, 5.41) is 10.7. The zero-order valence-corrected chi connectivity index (χ0v) is 19.7. The molecule has 2 fully saturated rings. The van der Waals surface area contributed by atoms with Gasteiger partial charge in [0, 0.05) is 35.6 Å². The number of rotatable bonds is 2. The molecule has 2 unspecified atom stereocenters. The molecular weight excluding hydrogens is 470 g/mol. The number of thiophene rings is 1. The number of hydrogen-bond donors (Lipinski definition) is 1. The minimum Gasteiger partial charge on any atom is -0.389 e. The quantitative estimate of drug-likeness (QED) is 0.426. The van der Waals surface area contributed by atoms with Crippen LogP contribution in [0.5, 0.6) is 0 Å². The van der Waals surface area contributed by atoms with Crippen molar-refractivity contribution >= 4 is 43.3 Å². The fourth-order valence-corrected chi connectivity index (χ4v) is 6.89. The summed E-state index contributed by atoms with van der Waals surface area (Å²) in [5.41, 5.74) is 8.32. The Labute approximate surface area is 203 Å². The molecule has 2 atom stereocenters. The first-order valence-corrected chi connectivity index (χ1v) is 12.3. The van der Waals surface area contributed by atoms with Crippen LogP contribution in [0.15, 0.2) is 12.4 Å². The zero-order valence-electron chi connectivity index (χ0n) is 18.9. The standard InChI is InChI=1S/C25H20F2N6OS/c1-25-3-2-11(25)7-33(10-25)24-31-5-13-14-8-34-9-15(14)17(19(27)20(13)32-24)21-18-12(4-28)23(29)35-22(18)16(26)6-30-21/h5-6,11H,2-3,7-10,29H2,1H3. The third-order valence-electron chi connectivity index (χ3n) is 8.06. The highest BCUT2D eigenvalue weighted by Gasteiger charge is 2.50. The first-order chi connectivity index (χ1) is 16.9. The van der Waals surface area contributed by atoms with E-state index in [1.54, 1.807) is 6.20 Å². The highest BCUT2D eigenvalue weighted by molar-refractivity contribution is 7.23. The molecule has 1 aromatic carbocycles. The molecule has 35 heavy (non-hydrogen) atoms. The Bertz CT molecular complexity index is 1630. The molecule has 1 saturated heterocycles. The number of pyridine rings is 1. The summed E-state index contributed by atoms with van der Waals surface area (Å²) in [6.07, 6.45) is 5.10. The van der Waals surface area contributed by atoms with Crippen molar-refractivity contribution in [2.24, 2.45) is 11.3 Å². The lowest BCUT2D eigenvalue weighted by Crippen LogP contribution is -2.36. The molecule has 0 radical (unpaired) electrons. The van der Waals surface area contributed by atoms with E-state index >= 15 is 4.39 Å². The average molecular weight is 491 g/mol. The molecule has 176 valence electrons. The molecule has 0 spiro atoms. The SMILES string of the molecule is CC12CCC1CN(c1ncc3c4c(c(-c5ncc(F)c6sc(N)c(C#N)c56)c(F)c3n1)COC4)C2. The maximum Gasteiger partial charge on any atom is 0.226 e. The smallest absolute Gasteiger partial charge is 0.226 e. The van der Waals surface area contributed by atoms with Crippen LogP contribution in [0, 0.1) is 34.3 Å². The molecule has 0 amide bonds. The Balaban J connectivity index is 1.49. The van der Waals surface area contributed by atoms with Crippen LogP contribution in [0.1, 0.15) is 36.5 Å². The van der Waals surface area contributed by atoms with Gasteiger partial charge in [-0.2, -0.15) is 5.26 Å². The van der Waals surface area contributed by atoms with Crippen molar-refractivity contribution in [2.45, 2.75) is 33.0 Å². The number of anilines is 2. The second-order valence-electron chi connectivity index (χ2n) is 9.95. The molecule has 1 aliphatic carbocycles. The Kier molecular flexibility index (Phi) is 4.22. The molecule has 3 aromatic heterocycles. The number of ether oxygens (including phenoxy) is 1. The van der Waals surface area contributed by atoms with E-state index in [9.17, 15) is 9.65 Å². The Morgan fingerprint density at radius 2 is 2.09 bits per heavy atom. The third kappa shape index (κ3) is 2.73. The summed E-state index contributed by atoms with van der Waals surface area (Å²) in [5.74, 6) is -0.0551. The van der Waals surface area contributed by atoms with E-state index in [-0.39, 0.29) is 56.1 Å². The first kappa shape index (κ1) is 20.9. The maximum absolute atomic E-state index is 16.4. The number of fused-ring (bicyclic) bond motifs is 5. The van der Waals surface area contributed by atoms with Gasteiger partial charge >= 0.3 is 0 Å². The van der Waals surface area contributed by atoms with Gasteiger partial charge in [0.15, 0.2) is 11.6 Å². The van der Waals surface area contributed by atoms with Crippen LogP contribution in [0.3, 0.4) is 0 Å². The Hall–Kier alpha value is -3.42. The minimum absolute atomic E-state index is 0.100. The predicted octanol–water partition coefficient (Wildman–Crippen LogP) is 4.91. The van der Waals surface area contributed by atoms with E-state index in [1.165, 1.54) is 12.8 Å². The van der Waals surface area contributed by atoms with Gasteiger partial charge in [0.05, 0.1) is 35.4 Å². The number of aromatic nitrogens is 3. The summed E-state index contributed by atoms with van der Waals surface area (Å²) in [4.78, 5) is 15.7. The highest BCUT2D eigenvalue weighted by atomic mass is 32.1. The van der Waals surface area contributed by atoms with Gasteiger partial charge in [0.25, 0.3) is 0 Å². The van der Waals surface area contributed by atoms with Gasteiger partial charge in [-0.1, -0.05) is 6.92 Å². The van der Waals surface area contributed by atoms with Crippen LogP contribution in [0.25, 0.3) is 32.2 Å². The minimum atomic E-state index is -0.599. The lowest BCUT2D eigenvalue weighted by Gasteiger charge is -2.40.